The predicted octanol–water partition coefficient (Wildman–Crippen LogP) is 3.32. The van der Waals surface area contributed by atoms with Gasteiger partial charge in [-0.05, 0) is 23.6 Å². The standard InChI is InChI=1S/C12H7NO5S2/c14-6-11-10(3-4-19-11)20-9-2-1-7(12(15)16)5-8(9)13(17)18/h1-6H,(H,15,16). The van der Waals surface area contributed by atoms with Gasteiger partial charge in [0.05, 0.1) is 20.3 Å². The molecule has 0 saturated heterocycles. The maximum atomic E-state index is 11.0. The van der Waals surface area contributed by atoms with E-state index in [1.807, 2.05) is 0 Å². The van der Waals surface area contributed by atoms with E-state index in [4.69, 9.17) is 5.11 Å². The van der Waals surface area contributed by atoms with Gasteiger partial charge in [0.15, 0.2) is 6.29 Å². The van der Waals surface area contributed by atoms with E-state index < -0.39 is 10.9 Å². The Kier molecular flexibility index (Phi) is 4.16. The van der Waals surface area contributed by atoms with Crippen molar-refractivity contribution in [2.75, 3.05) is 0 Å². The maximum absolute atomic E-state index is 11.0. The van der Waals surface area contributed by atoms with E-state index in [1.54, 1.807) is 11.4 Å². The summed E-state index contributed by atoms with van der Waals surface area (Å²) < 4.78 is 0. The fourth-order valence-electron chi connectivity index (χ4n) is 1.48. The van der Waals surface area contributed by atoms with Crippen LogP contribution in [0.2, 0.25) is 0 Å². The van der Waals surface area contributed by atoms with E-state index in [1.165, 1.54) is 23.5 Å². The van der Waals surface area contributed by atoms with Gasteiger partial charge in [0.2, 0.25) is 0 Å². The quantitative estimate of drug-likeness (QED) is 0.517. The number of nitro groups is 1. The number of benzene rings is 1. The molecule has 0 saturated carbocycles. The largest absolute Gasteiger partial charge is 0.478 e. The van der Waals surface area contributed by atoms with Gasteiger partial charge in [0, 0.05) is 11.0 Å². The second-order valence-electron chi connectivity index (χ2n) is 3.61. The summed E-state index contributed by atoms with van der Waals surface area (Å²) in [5, 5.41) is 21.6. The Bertz CT molecular complexity index is 695. The molecule has 0 amide bonds. The Morgan fingerprint density at radius 1 is 1.35 bits per heavy atom. The Morgan fingerprint density at radius 2 is 2.10 bits per heavy atom. The van der Waals surface area contributed by atoms with Crippen LogP contribution < -0.4 is 0 Å². The average Bonchev–Trinajstić information content (AvgIpc) is 2.85. The maximum Gasteiger partial charge on any atom is 0.335 e. The number of aromatic carboxylic acids is 1. The highest BCUT2D eigenvalue weighted by Gasteiger charge is 2.19. The normalized spacial score (nSPS) is 10.2. The van der Waals surface area contributed by atoms with Crippen LogP contribution in [0.5, 0.6) is 0 Å². The molecule has 0 fully saturated rings. The van der Waals surface area contributed by atoms with Crippen molar-refractivity contribution < 1.29 is 19.6 Å². The van der Waals surface area contributed by atoms with Crippen LogP contribution in [-0.2, 0) is 0 Å². The van der Waals surface area contributed by atoms with Gasteiger partial charge < -0.3 is 5.11 Å². The molecular weight excluding hydrogens is 302 g/mol. The Labute approximate surface area is 121 Å². The third kappa shape index (κ3) is 2.86. The number of carboxylic acid groups (broad SMARTS) is 1. The van der Waals surface area contributed by atoms with E-state index >= 15 is 0 Å². The summed E-state index contributed by atoms with van der Waals surface area (Å²) in [4.78, 5) is 33.4. The summed E-state index contributed by atoms with van der Waals surface area (Å²) in [7, 11) is 0. The Balaban J connectivity index is 2.43. The van der Waals surface area contributed by atoms with Crippen molar-refractivity contribution in [2.45, 2.75) is 9.79 Å². The zero-order valence-corrected chi connectivity index (χ0v) is 11.4. The average molecular weight is 309 g/mol. The van der Waals surface area contributed by atoms with Crippen LogP contribution in [0, 0.1) is 10.1 Å². The van der Waals surface area contributed by atoms with Crippen LogP contribution in [-0.4, -0.2) is 22.3 Å². The number of nitro benzene ring substituents is 1. The molecular formula is C12H7NO5S2. The second kappa shape index (κ2) is 5.85. The van der Waals surface area contributed by atoms with Crippen molar-refractivity contribution in [3.05, 3.63) is 50.2 Å². The lowest BCUT2D eigenvalue weighted by Crippen LogP contribution is -1.99. The fourth-order valence-corrected chi connectivity index (χ4v) is 3.32. The van der Waals surface area contributed by atoms with E-state index in [2.05, 4.69) is 0 Å². The first kappa shape index (κ1) is 14.2. The van der Waals surface area contributed by atoms with Crippen LogP contribution in [0.1, 0.15) is 20.0 Å². The van der Waals surface area contributed by atoms with Gasteiger partial charge in [0.25, 0.3) is 5.69 Å². The van der Waals surface area contributed by atoms with Crippen molar-refractivity contribution in [3.8, 4) is 0 Å². The molecule has 0 radical (unpaired) electrons. The molecule has 0 spiro atoms. The molecule has 0 aliphatic rings. The van der Waals surface area contributed by atoms with Gasteiger partial charge in [-0.1, -0.05) is 11.8 Å². The Hall–Kier alpha value is -2.19. The molecule has 102 valence electrons. The lowest BCUT2D eigenvalue weighted by molar-refractivity contribution is -0.387. The highest BCUT2D eigenvalue weighted by atomic mass is 32.2. The number of carbonyl (C=O) groups excluding carboxylic acids is 1. The lowest BCUT2D eigenvalue weighted by atomic mass is 10.2. The van der Waals surface area contributed by atoms with Crippen molar-refractivity contribution in [1.29, 1.82) is 0 Å². The molecule has 1 heterocycles. The first-order chi connectivity index (χ1) is 9.52. The molecule has 0 unspecified atom stereocenters. The highest BCUT2D eigenvalue weighted by molar-refractivity contribution is 7.99. The number of rotatable bonds is 5. The minimum absolute atomic E-state index is 0.151. The van der Waals surface area contributed by atoms with Crippen molar-refractivity contribution in [3.63, 3.8) is 0 Å². The molecule has 1 aromatic carbocycles. The topological polar surface area (TPSA) is 97.5 Å². The lowest BCUT2D eigenvalue weighted by Gasteiger charge is -2.03. The second-order valence-corrected chi connectivity index (χ2v) is 5.65. The van der Waals surface area contributed by atoms with Gasteiger partial charge in [0.1, 0.15) is 0 Å². The summed E-state index contributed by atoms with van der Waals surface area (Å²) in [6.07, 6.45) is 0.685. The number of carbonyl (C=O) groups is 2. The molecule has 20 heavy (non-hydrogen) atoms. The summed E-state index contributed by atoms with van der Waals surface area (Å²) in [6, 6.07) is 5.37. The Morgan fingerprint density at radius 3 is 2.70 bits per heavy atom. The van der Waals surface area contributed by atoms with E-state index in [-0.39, 0.29) is 11.3 Å². The third-order valence-electron chi connectivity index (χ3n) is 2.39. The van der Waals surface area contributed by atoms with Gasteiger partial charge in [-0.2, -0.15) is 0 Å². The molecule has 1 N–H and O–H groups in total. The predicted molar refractivity (Wildman–Crippen MR) is 73.9 cm³/mol. The van der Waals surface area contributed by atoms with E-state index in [0.717, 1.165) is 17.8 Å². The first-order valence-corrected chi connectivity index (χ1v) is 6.95. The minimum atomic E-state index is -1.23. The molecule has 0 atom stereocenters. The number of hydrogen-bond donors (Lipinski definition) is 1. The van der Waals surface area contributed by atoms with Crippen molar-refractivity contribution in [1.82, 2.24) is 0 Å². The van der Waals surface area contributed by atoms with Gasteiger partial charge in [-0.15, -0.1) is 11.3 Å². The highest BCUT2D eigenvalue weighted by Crippen LogP contribution is 2.38. The summed E-state index contributed by atoms with van der Waals surface area (Å²) in [5.41, 5.74) is -0.445. The van der Waals surface area contributed by atoms with Crippen LogP contribution >= 0.6 is 23.1 Å². The van der Waals surface area contributed by atoms with Crippen LogP contribution in [0.25, 0.3) is 0 Å². The van der Waals surface area contributed by atoms with Crippen LogP contribution in [0.15, 0.2) is 39.4 Å². The number of nitrogens with zero attached hydrogens (tertiary/aromatic N) is 1. The molecule has 1 aromatic heterocycles. The number of hydrogen-bond acceptors (Lipinski definition) is 6. The molecule has 0 aliphatic carbocycles. The van der Waals surface area contributed by atoms with Crippen molar-refractivity contribution in [2.24, 2.45) is 0 Å². The summed E-state index contributed by atoms with van der Waals surface area (Å²) in [5.74, 6) is -1.23. The SMILES string of the molecule is O=Cc1sccc1Sc1ccc(C(=O)O)cc1[N+](=O)[O-]. The minimum Gasteiger partial charge on any atom is -0.478 e. The molecule has 2 aromatic rings. The van der Waals surface area contributed by atoms with Gasteiger partial charge in [-0.3, -0.25) is 14.9 Å². The fraction of sp³-hybridized carbons (Fsp3) is 0. The monoisotopic (exact) mass is 309 g/mol. The summed E-state index contributed by atoms with van der Waals surface area (Å²) in [6.45, 7) is 0. The van der Waals surface area contributed by atoms with Gasteiger partial charge >= 0.3 is 5.97 Å². The van der Waals surface area contributed by atoms with Crippen molar-refractivity contribution >= 4 is 41.0 Å². The smallest absolute Gasteiger partial charge is 0.335 e. The molecule has 2 rings (SSSR count). The van der Waals surface area contributed by atoms with Gasteiger partial charge in [-0.25, -0.2) is 4.79 Å². The number of carboxylic acids is 1. The van der Waals surface area contributed by atoms with E-state index in [0.29, 0.717) is 21.0 Å². The number of aldehydes is 1. The molecule has 0 aliphatic heterocycles. The molecule has 6 nitrogen and oxygen atoms in total. The molecule has 0 bridgehead atoms. The third-order valence-corrected chi connectivity index (χ3v) is 4.50. The first-order valence-electron chi connectivity index (χ1n) is 5.25. The molecule has 8 heteroatoms. The zero-order valence-electron chi connectivity index (χ0n) is 9.81. The zero-order chi connectivity index (χ0) is 14.7. The number of thiophene rings is 1. The van der Waals surface area contributed by atoms with E-state index in [9.17, 15) is 19.7 Å². The van der Waals surface area contributed by atoms with Crippen LogP contribution in [0.4, 0.5) is 5.69 Å². The summed E-state index contributed by atoms with van der Waals surface area (Å²) >= 11 is 2.30. The van der Waals surface area contributed by atoms with Crippen LogP contribution in [0.3, 0.4) is 0 Å².